The summed E-state index contributed by atoms with van der Waals surface area (Å²) in [7, 11) is 0. The molecule has 4 heteroatoms. The molecule has 23 heavy (non-hydrogen) atoms. The number of aromatic nitrogens is 1. The number of amides is 1. The Hall–Kier alpha value is -2.10. The molecule has 1 aliphatic heterocycles. The molecule has 4 rings (SSSR count). The third-order valence-corrected chi connectivity index (χ3v) is 5.51. The zero-order valence-corrected chi connectivity index (χ0v) is 13.2. The Labute approximate surface area is 136 Å². The van der Waals surface area contributed by atoms with E-state index in [1.165, 1.54) is 37.4 Å². The van der Waals surface area contributed by atoms with Gasteiger partial charge in [0.1, 0.15) is 0 Å². The molecule has 2 aliphatic rings. The molecule has 0 bridgehead atoms. The summed E-state index contributed by atoms with van der Waals surface area (Å²) < 4.78 is 5.24. The first-order valence-electron chi connectivity index (χ1n) is 8.59. The highest BCUT2D eigenvalue weighted by molar-refractivity contribution is 5.91. The van der Waals surface area contributed by atoms with Crippen LogP contribution in [0.25, 0.3) is 0 Å². The number of oxazole rings is 1. The van der Waals surface area contributed by atoms with Crippen LogP contribution in [0.4, 0.5) is 0 Å². The van der Waals surface area contributed by atoms with E-state index < -0.39 is 0 Å². The second-order valence-electron chi connectivity index (χ2n) is 6.69. The van der Waals surface area contributed by atoms with Crippen LogP contribution in [0.15, 0.2) is 47.3 Å². The largest absolute Gasteiger partial charge is 0.438 e. The fourth-order valence-corrected chi connectivity index (χ4v) is 4.48. The number of hydrogen-bond donors (Lipinski definition) is 0. The van der Waals surface area contributed by atoms with Gasteiger partial charge in [-0.25, -0.2) is 4.98 Å². The van der Waals surface area contributed by atoms with Crippen molar-refractivity contribution in [3.8, 4) is 0 Å². The van der Waals surface area contributed by atoms with E-state index in [-0.39, 0.29) is 5.91 Å². The van der Waals surface area contributed by atoms with E-state index in [9.17, 15) is 4.79 Å². The summed E-state index contributed by atoms with van der Waals surface area (Å²) in [5.41, 5.74) is 1.43. The van der Waals surface area contributed by atoms with Crippen LogP contribution in [-0.2, 0) is 0 Å². The maximum absolute atomic E-state index is 12.8. The summed E-state index contributed by atoms with van der Waals surface area (Å²) in [6.07, 6.45) is 8.70. The highest BCUT2D eigenvalue weighted by Crippen LogP contribution is 2.44. The van der Waals surface area contributed by atoms with Crippen molar-refractivity contribution in [3.63, 3.8) is 0 Å². The van der Waals surface area contributed by atoms with Gasteiger partial charge in [0.25, 0.3) is 5.91 Å². The van der Waals surface area contributed by atoms with Gasteiger partial charge in [-0.05, 0) is 36.7 Å². The lowest BCUT2D eigenvalue weighted by molar-refractivity contribution is 0.0293. The zero-order chi connectivity index (χ0) is 15.6. The summed E-state index contributed by atoms with van der Waals surface area (Å²) in [4.78, 5) is 18.7. The minimum Gasteiger partial charge on any atom is -0.438 e. The summed E-state index contributed by atoms with van der Waals surface area (Å²) >= 11 is 0. The van der Waals surface area contributed by atoms with Gasteiger partial charge in [0.2, 0.25) is 5.76 Å². The average Bonchev–Trinajstić information content (AvgIpc) is 3.15. The number of fused-ring (bicyclic) bond motifs is 1. The molecule has 1 saturated carbocycles. The van der Waals surface area contributed by atoms with Crippen molar-refractivity contribution in [3.05, 3.63) is 54.2 Å². The fourth-order valence-electron chi connectivity index (χ4n) is 4.48. The van der Waals surface area contributed by atoms with Crippen LogP contribution in [0.1, 0.15) is 54.1 Å². The lowest BCUT2D eigenvalue weighted by Gasteiger charge is -2.48. The molecular formula is C19H22N2O2. The minimum atomic E-state index is 0.00547. The maximum atomic E-state index is 12.8. The van der Waals surface area contributed by atoms with E-state index >= 15 is 0 Å². The van der Waals surface area contributed by atoms with Crippen molar-refractivity contribution in [2.24, 2.45) is 5.92 Å². The Morgan fingerprint density at radius 2 is 1.96 bits per heavy atom. The molecule has 2 heterocycles. The number of hydrogen-bond acceptors (Lipinski definition) is 3. The Balaban J connectivity index is 1.60. The van der Waals surface area contributed by atoms with Crippen LogP contribution in [0.5, 0.6) is 0 Å². The smallest absolute Gasteiger partial charge is 0.291 e. The molecule has 3 atom stereocenters. The van der Waals surface area contributed by atoms with Crippen LogP contribution < -0.4 is 0 Å². The Morgan fingerprint density at radius 1 is 1.13 bits per heavy atom. The monoisotopic (exact) mass is 310 g/mol. The Bertz CT molecular complexity index is 653. The maximum Gasteiger partial charge on any atom is 0.291 e. The fraction of sp³-hybridized carbons (Fsp3) is 0.474. The van der Waals surface area contributed by atoms with Gasteiger partial charge in [0.05, 0.1) is 6.20 Å². The van der Waals surface area contributed by atoms with E-state index in [4.69, 9.17) is 4.42 Å². The van der Waals surface area contributed by atoms with Crippen LogP contribution in [0.3, 0.4) is 0 Å². The van der Waals surface area contributed by atoms with Gasteiger partial charge < -0.3 is 9.32 Å². The summed E-state index contributed by atoms with van der Waals surface area (Å²) in [6.45, 7) is 0.806. The highest BCUT2D eigenvalue weighted by Gasteiger charge is 2.42. The van der Waals surface area contributed by atoms with Gasteiger partial charge in [0, 0.05) is 12.6 Å². The number of carbonyl (C=O) groups is 1. The first kappa shape index (κ1) is 14.5. The number of piperidine rings is 1. The van der Waals surface area contributed by atoms with E-state index in [1.54, 1.807) is 0 Å². The number of nitrogens with zero attached hydrogens (tertiary/aromatic N) is 2. The average molecular weight is 310 g/mol. The van der Waals surface area contributed by atoms with Crippen molar-refractivity contribution >= 4 is 5.91 Å². The third kappa shape index (κ3) is 2.67. The molecule has 0 radical (unpaired) electrons. The van der Waals surface area contributed by atoms with E-state index in [0.29, 0.717) is 23.6 Å². The van der Waals surface area contributed by atoms with Crippen molar-refractivity contribution in [2.75, 3.05) is 6.54 Å². The Kier molecular flexibility index (Phi) is 3.90. The molecule has 1 aromatic carbocycles. The Morgan fingerprint density at radius 3 is 2.74 bits per heavy atom. The number of benzene rings is 1. The molecular weight excluding hydrogens is 288 g/mol. The predicted octanol–water partition coefficient (Wildman–Crippen LogP) is 3.86. The molecule has 0 N–H and O–H groups in total. The van der Waals surface area contributed by atoms with Gasteiger partial charge in [-0.1, -0.05) is 43.2 Å². The van der Waals surface area contributed by atoms with Crippen molar-refractivity contribution in [2.45, 2.75) is 44.1 Å². The molecule has 0 spiro atoms. The molecule has 2 fully saturated rings. The van der Waals surface area contributed by atoms with Gasteiger partial charge in [-0.3, -0.25) is 4.79 Å². The second kappa shape index (κ2) is 6.19. The first-order valence-corrected chi connectivity index (χ1v) is 8.59. The van der Waals surface area contributed by atoms with Crippen LogP contribution in [-0.4, -0.2) is 28.4 Å². The quantitative estimate of drug-likeness (QED) is 0.846. The van der Waals surface area contributed by atoms with Gasteiger partial charge in [-0.2, -0.15) is 0 Å². The number of carbonyl (C=O) groups excluding carboxylic acids is 1. The van der Waals surface area contributed by atoms with Gasteiger partial charge in [0.15, 0.2) is 6.39 Å². The lowest BCUT2D eigenvalue weighted by Crippen LogP contribution is -2.52. The summed E-state index contributed by atoms with van der Waals surface area (Å²) in [5, 5.41) is 0. The number of likely N-dealkylation sites (tertiary alicyclic amines) is 1. The van der Waals surface area contributed by atoms with Gasteiger partial charge in [-0.15, -0.1) is 0 Å². The molecule has 1 aliphatic carbocycles. The molecule has 1 aromatic heterocycles. The van der Waals surface area contributed by atoms with Crippen LogP contribution >= 0.6 is 0 Å². The number of rotatable bonds is 2. The molecule has 120 valence electrons. The normalized spacial score (nSPS) is 27.5. The van der Waals surface area contributed by atoms with Crippen molar-refractivity contribution in [1.82, 2.24) is 9.88 Å². The van der Waals surface area contributed by atoms with E-state index in [1.807, 2.05) is 4.90 Å². The zero-order valence-electron chi connectivity index (χ0n) is 13.2. The predicted molar refractivity (Wildman–Crippen MR) is 87.1 cm³/mol. The van der Waals surface area contributed by atoms with Gasteiger partial charge >= 0.3 is 0 Å². The highest BCUT2D eigenvalue weighted by atomic mass is 16.3. The van der Waals surface area contributed by atoms with Crippen LogP contribution in [0.2, 0.25) is 0 Å². The molecule has 4 nitrogen and oxygen atoms in total. The second-order valence-corrected chi connectivity index (χ2v) is 6.69. The molecule has 2 aromatic rings. The molecule has 1 amide bonds. The standard InChI is InChI=1S/C19H22N2O2/c22-19(18-12-20-13-23-18)21-11-10-15(14-6-2-1-3-7-14)16-8-4-5-9-17(16)21/h1-3,6-7,12-13,15-17H,4-5,8-11H2/t15-,16-,17-/m1/s1. The van der Waals surface area contributed by atoms with Crippen LogP contribution in [0, 0.1) is 5.92 Å². The minimum absolute atomic E-state index is 0.00547. The van der Waals surface area contributed by atoms with Crippen molar-refractivity contribution < 1.29 is 9.21 Å². The summed E-state index contributed by atoms with van der Waals surface area (Å²) in [6, 6.07) is 11.1. The van der Waals surface area contributed by atoms with E-state index in [0.717, 1.165) is 19.4 Å². The third-order valence-electron chi connectivity index (χ3n) is 5.51. The topological polar surface area (TPSA) is 46.3 Å². The summed E-state index contributed by atoms with van der Waals surface area (Å²) in [5.74, 6) is 1.51. The van der Waals surface area contributed by atoms with E-state index in [2.05, 4.69) is 35.3 Å². The molecule has 0 unspecified atom stereocenters. The molecule has 1 saturated heterocycles. The SMILES string of the molecule is O=C(c1cnco1)N1CC[C@H](c2ccccc2)[C@H]2CCCC[C@H]21. The van der Waals surface area contributed by atoms with Crippen molar-refractivity contribution in [1.29, 1.82) is 0 Å². The first-order chi connectivity index (χ1) is 11.3. The lowest BCUT2D eigenvalue weighted by atomic mass is 9.69.